The van der Waals surface area contributed by atoms with E-state index in [1.54, 1.807) is 6.20 Å². The highest BCUT2D eigenvalue weighted by atomic mass is 19.3. The van der Waals surface area contributed by atoms with E-state index in [-0.39, 0.29) is 12.3 Å². The van der Waals surface area contributed by atoms with Crippen molar-refractivity contribution in [2.45, 2.75) is 33.1 Å². The number of ether oxygens (including phenoxy) is 1. The summed E-state index contributed by atoms with van der Waals surface area (Å²) < 4.78 is 30.5. The first kappa shape index (κ1) is 20.6. The Morgan fingerprint density at radius 1 is 1.30 bits per heavy atom. The van der Waals surface area contributed by atoms with E-state index < -0.39 is 12.7 Å². The lowest BCUT2D eigenvalue weighted by Gasteiger charge is -2.14. The van der Waals surface area contributed by atoms with Gasteiger partial charge in [0.15, 0.2) is 5.96 Å². The van der Waals surface area contributed by atoms with Gasteiger partial charge in [0, 0.05) is 19.3 Å². The maximum Gasteiger partial charge on any atom is 0.387 e. The van der Waals surface area contributed by atoms with Crippen LogP contribution in [0.2, 0.25) is 0 Å². The van der Waals surface area contributed by atoms with Crippen LogP contribution < -0.4 is 15.4 Å². The number of benzene rings is 1. The summed E-state index contributed by atoms with van der Waals surface area (Å²) in [4.78, 5) is 4.36. The lowest BCUT2D eigenvalue weighted by atomic mass is 10.1. The Labute approximate surface area is 157 Å². The van der Waals surface area contributed by atoms with Crippen molar-refractivity contribution in [2.75, 3.05) is 19.6 Å². The third kappa shape index (κ3) is 7.22. The summed E-state index contributed by atoms with van der Waals surface area (Å²) in [6, 6.07) is 5.87. The van der Waals surface area contributed by atoms with E-state index in [9.17, 15) is 13.9 Å². The standard InChI is InChI=1S/C18H25F2N5O2/c1-3-21-18(22-8-9-25-12-13(2)10-24-25)23-11-16(26)14-4-6-15(7-5-14)27-17(19)20/h4-7,10,12,16-17,26H,3,8-9,11H2,1-2H3,(H2,21,22,23). The maximum atomic E-state index is 12.2. The number of nitrogens with one attached hydrogen (secondary N) is 2. The molecule has 1 aromatic heterocycles. The number of aliphatic hydroxyl groups excluding tert-OH is 1. The number of rotatable bonds is 9. The molecule has 0 saturated carbocycles. The molecule has 0 aliphatic rings. The minimum absolute atomic E-state index is 0.0494. The molecule has 1 aromatic carbocycles. The summed E-state index contributed by atoms with van der Waals surface area (Å²) in [5, 5.41) is 20.8. The second kappa shape index (κ2) is 10.5. The largest absolute Gasteiger partial charge is 0.435 e. The van der Waals surface area contributed by atoms with Gasteiger partial charge in [-0.2, -0.15) is 13.9 Å². The zero-order valence-electron chi connectivity index (χ0n) is 15.4. The van der Waals surface area contributed by atoms with E-state index in [0.29, 0.717) is 31.2 Å². The molecule has 0 radical (unpaired) electrons. The summed E-state index contributed by atoms with van der Waals surface area (Å²) in [7, 11) is 0. The zero-order valence-corrected chi connectivity index (χ0v) is 15.4. The van der Waals surface area contributed by atoms with Gasteiger partial charge in [0.05, 0.1) is 25.4 Å². The Morgan fingerprint density at radius 3 is 2.63 bits per heavy atom. The molecule has 148 valence electrons. The molecule has 2 aromatic rings. The highest BCUT2D eigenvalue weighted by molar-refractivity contribution is 5.79. The molecule has 1 heterocycles. The summed E-state index contributed by atoms with van der Waals surface area (Å²) in [5.74, 6) is 0.631. The second-order valence-corrected chi connectivity index (χ2v) is 5.89. The Balaban J connectivity index is 1.86. The summed E-state index contributed by atoms with van der Waals surface area (Å²) in [5.41, 5.74) is 1.67. The number of alkyl halides is 2. The van der Waals surface area contributed by atoms with E-state index in [1.807, 2.05) is 24.7 Å². The van der Waals surface area contributed by atoms with Crippen LogP contribution in [0.1, 0.15) is 24.2 Å². The molecule has 0 bridgehead atoms. The fourth-order valence-corrected chi connectivity index (χ4v) is 2.37. The average Bonchev–Trinajstić information content (AvgIpc) is 3.04. The maximum absolute atomic E-state index is 12.2. The molecule has 7 nitrogen and oxygen atoms in total. The summed E-state index contributed by atoms with van der Waals surface area (Å²) in [6.07, 6.45) is 2.90. The van der Waals surface area contributed by atoms with Crippen molar-refractivity contribution in [1.82, 2.24) is 20.4 Å². The molecule has 0 fully saturated rings. The average molecular weight is 381 g/mol. The van der Waals surface area contributed by atoms with Crippen LogP contribution in [0.3, 0.4) is 0 Å². The zero-order chi connectivity index (χ0) is 19.6. The molecule has 27 heavy (non-hydrogen) atoms. The van der Waals surface area contributed by atoms with E-state index >= 15 is 0 Å². The van der Waals surface area contributed by atoms with Gasteiger partial charge in [-0.1, -0.05) is 12.1 Å². The van der Waals surface area contributed by atoms with Gasteiger partial charge in [0.25, 0.3) is 0 Å². The number of guanidine groups is 1. The van der Waals surface area contributed by atoms with Gasteiger partial charge >= 0.3 is 6.61 Å². The van der Waals surface area contributed by atoms with Crippen LogP contribution in [0.25, 0.3) is 0 Å². The van der Waals surface area contributed by atoms with Crippen LogP contribution in [0, 0.1) is 6.92 Å². The molecular weight excluding hydrogens is 356 g/mol. The van der Waals surface area contributed by atoms with Gasteiger partial charge in [0.2, 0.25) is 0 Å². The topological polar surface area (TPSA) is 83.7 Å². The lowest BCUT2D eigenvalue weighted by molar-refractivity contribution is -0.0498. The molecule has 1 unspecified atom stereocenters. The smallest absolute Gasteiger partial charge is 0.387 e. The molecule has 1 atom stereocenters. The monoisotopic (exact) mass is 381 g/mol. The molecular formula is C18H25F2N5O2. The van der Waals surface area contributed by atoms with Crippen molar-refractivity contribution in [3.63, 3.8) is 0 Å². The van der Waals surface area contributed by atoms with Crippen molar-refractivity contribution in [1.29, 1.82) is 0 Å². The number of aliphatic imine (C=N–C) groups is 1. The van der Waals surface area contributed by atoms with E-state index in [1.165, 1.54) is 24.3 Å². The van der Waals surface area contributed by atoms with Crippen LogP contribution in [0.4, 0.5) is 8.78 Å². The first-order chi connectivity index (χ1) is 13.0. The van der Waals surface area contributed by atoms with E-state index in [4.69, 9.17) is 0 Å². The van der Waals surface area contributed by atoms with Crippen molar-refractivity contribution >= 4 is 5.96 Å². The number of aryl methyl sites for hydroxylation is 1. The molecule has 0 spiro atoms. The van der Waals surface area contributed by atoms with Gasteiger partial charge in [-0.25, -0.2) is 0 Å². The minimum Gasteiger partial charge on any atom is -0.435 e. The quantitative estimate of drug-likeness (QED) is 0.458. The van der Waals surface area contributed by atoms with Gasteiger partial charge in [-0.05, 0) is 37.1 Å². The molecule has 2 rings (SSSR count). The fourth-order valence-electron chi connectivity index (χ4n) is 2.37. The number of hydrogen-bond donors (Lipinski definition) is 3. The molecule has 0 amide bonds. The molecule has 0 saturated heterocycles. The fraction of sp³-hybridized carbons (Fsp3) is 0.444. The number of halogens is 2. The Kier molecular flexibility index (Phi) is 8.00. The molecule has 0 aliphatic heterocycles. The third-order valence-corrected chi connectivity index (χ3v) is 3.65. The Hall–Kier alpha value is -2.68. The Bertz CT molecular complexity index is 719. The number of aromatic nitrogens is 2. The van der Waals surface area contributed by atoms with Crippen LogP contribution >= 0.6 is 0 Å². The predicted molar refractivity (Wildman–Crippen MR) is 99.0 cm³/mol. The van der Waals surface area contributed by atoms with Crippen LogP contribution in [-0.2, 0) is 6.54 Å². The molecule has 9 heteroatoms. The Morgan fingerprint density at radius 2 is 2.04 bits per heavy atom. The van der Waals surface area contributed by atoms with E-state index in [2.05, 4.69) is 25.5 Å². The van der Waals surface area contributed by atoms with Gasteiger partial charge in [-0.15, -0.1) is 0 Å². The SMILES string of the molecule is CCNC(=NCC(O)c1ccc(OC(F)F)cc1)NCCn1cc(C)cn1. The highest BCUT2D eigenvalue weighted by Gasteiger charge is 2.09. The van der Waals surface area contributed by atoms with Crippen molar-refractivity contribution in [2.24, 2.45) is 4.99 Å². The van der Waals surface area contributed by atoms with Crippen molar-refractivity contribution in [3.8, 4) is 5.75 Å². The minimum atomic E-state index is -2.87. The molecule has 3 N–H and O–H groups in total. The van der Waals surface area contributed by atoms with Crippen LogP contribution in [0.15, 0.2) is 41.7 Å². The second-order valence-electron chi connectivity index (χ2n) is 5.89. The number of nitrogens with zero attached hydrogens (tertiary/aromatic N) is 3. The summed E-state index contributed by atoms with van der Waals surface area (Å²) in [6.45, 7) is 3.19. The van der Waals surface area contributed by atoms with Crippen LogP contribution in [-0.4, -0.2) is 47.1 Å². The number of hydrogen-bond acceptors (Lipinski definition) is 4. The van der Waals surface area contributed by atoms with Gasteiger partial charge < -0.3 is 20.5 Å². The lowest BCUT2D eigenvalue weighted by Crippen LogP contribution is -2.39. The molecule has 0 aliphatic carbocycles. The third-order valence-electron chi connectivity index (χ3n) is 3.65. The van der Waals surface area contributed by atoms with Gasteiger partial charge in [0.1, 0.15) is 5.75 Å². The summed E-state index contributed by atoms with van der Waals surface area (Å²) >= 11 is 0. The first-order valence-electron chi connectivity index (χ1n) is 8.72. The van der Waals surface area contributed by atoms with Gasteiger partial charge in [-0.3, -0.25) is 9.67 Å². The van der Waals surface area contributed by atoms with Crippen molar-refractivity contribution in [3.05, 3.63) is 47.8 Å². The first-order valence-corrected chi connectivity index (χ1v) is 8.72. The predicted octanol–water partition coefficient (Wildman–Crippen LogP) is 2.08. The number of aliphatic hydroxyl groups is 1. The van der Waals surface area contributed by atoms with Crippen LogP contribution in [0.5, 0.6) is 5.75 Å². The van der Waals surface area contributed by atoms with E-state index in [0.717, 1.165) is 5.56 Å². The normalized spacial score (nSPS) is 12.9. The van der Waals surface area contributed by atoms with Crippen molar-refractivity contribution < 1.29 is 18.6 Å². The highest BCUT2D eigenvalue weighted by Crippen LogP contribution is 2.19.